The maximum absolute atomic E-state index is 10.8. The van der Waals surface area contributed by atoms with Gasteiger partial charge in [-0.15, -0.1) is 12.6 Å². The number of fused-ring (bicyclic) bond motifs is 1. The predicted octanol–water partition coefficient (Wildman–Crippen LogP) is 4.05. The van der Waals surface area contributed by atoms with Gasteiger partial charge in [-0.3, -0.25) is 0 Å². The van der Waals surface area contributed by atoms with Crippen LogP contribution < -0.4 is 5.73 Å². The van der Waals surface area contributed by atoms with Crippen LogP contribution in [0.1, 0.15) is 36.2 Å². The van der Waals surface area contributed by atoms with E-state index in [9.17, 15) is 4.79 Å². The minimum absolute atomic E-state index is 0.271. The van der Waals surface area contributed by atoms with Crippen LogP contribution in [0.3, 0.4) is 0 Å². The third kappa shape index (κ3) is 4.93. The molecule has 2 aromatic carbocycles. The minimum Gasteiger partial charge on any atom is -0.478 e. The number of allylic oxidation sites excluding steroid dienone is 1. The quantitative estimate of drug-likeness (QED) is 0.509. The van der Waals surface area contributed by atoms with Crippen molar-refractivity contribution in [1.82, 2.24) is 0 Å². The molecule has 4 N–H and O–H groups in total. The summed E-state index contributed by atoms with van der Waals surface area (Å²) in [5.74, 6) is -0.932. The Morgan fingerprint density at radius 2 is 2.05 bits per heavy atom. The average Bonchev–Trinajstić information content (AvgIpc) is 2.46. The normalized spacial score (nSPS) is 10.8. The van der Waals surface area contributed by atoms with E-state index in [0.717, 1.165) is 22.8 Å². The fourth-order valence-corrected chi connectivity index (χ4v) is 2.14. The maximum Gasteiger partial charge on any atom is 0.335 e. The van der Waals surface area contributed by atoms with Crippen LogP contribution in [0, 0.1) is 5.41 Å². The van der Waals surface area contributed by atoms with Crippen LogP contribution in [-0.2, 0) is 0 Å². The summed E-state index contributed by atoms with van der Waals surface area (Å²) >= 11 is 3.82. The molecule has 0 saturated carbocycles. The summed E-state index contributed by atoms with van der Waals surface area (Å²) in [5, 5.41) is 18.9. The molecule has 0 aliphatic heterocycles. The van der Waals surface area contributed by atoms with Crippen LogP contribution in [-0.4, -0.2) is 16.8 Å². The molecule has 2 rings (SSSR count). The molecule has 0 saturated heterocycles. The lowest BCUT2D eigenvalue weighted by molar-refractivity contribution is 0.0697. The molecule has 4 nitrogen and oxygen atoms in total. The molecular weight excluding hydrogens is 296 g/mol. The first-order valence-electron chi connectivity index (χ1n) is 6.83. The van der Waals surface area contributed by atoms with Crippen molar-refractivity contribution in [2.24, 2.45) is 5.73 Å². The smallest absolute Gasteiger partial charge is 0.335 e. The number of nitrogens with one attached hydrogen (secondary N) is 1. The van der Waals surface area contributed by atoms with Crippen LogP contribution in [0.2, 0.25) is 0 Å². The van der Waals surface area contributed by atoms with Crippen molar-refractivity contribution in [3.05, 3.63) is 58.6 Å². The first kappa shape index (κ1) is 17.8. The number of carboxylic acid groups (broad SMARTS) is 1. The van der Waals surface area contributed by atoms with Gasteiger partial charge in [-0.25, -0.2) is 4.79 Å². The van der Waals surface area contributed by atoms with Gasteiger partial charge in [0.05, 0.1) is 10.6 Å². The number of carbonyl (C=O) groups is 1. The summed E-state index contributed by atoms with van der Waals surface area (Å²) in [7, 11) is 0. The van der Waals surface area contributed by atoms with Crippen molar-refractivity contribution in [2.45, 2.75) is 20.3 Å². The molecule has 0 aromatic heterocycles. The largest absolute Gasteiger partial charge is 0.478 e. The number of benzene rings is 2. The van der Waals surface area contributed by atoms with E-state index in [2.05, 4.69) is 12.6 Å². The van der Waals surface area contributed by atoms with Crippen LogP contribution >= 0.6 is 12.6 Å². The van der Waals surface area contributed by atoms with Gasteiger partial charge in [-0.05, 0) is 36.2 Å². The van der Waals surface area contributed by atoms with Gasteiger partial charge in [0.2, 0.25) is 0 Å². The molecule has 22 heavy (non-hydrogen) atoms. The SMILES string of the molecule is CC(=N)c1cccc2cc(C(=O)O)ccc12.CC/C=C(\N)S. The van der Waals surface area contributed by atoms with Gasteiger partial charge in [-0.2, -0.15) is 0 Å². The van der Waals surface area contributed by atoms with Gasteiger partial charge in [0, 0.05) is 11.3 Å². The third-order valence-corrected chi connectivity index (χ3v) is 3.13. The van der Waals surface area contributed by atoms with E-state index < -0.39 is 5.97 Å². The molecule has 0 atom stereocenters. The van der Waals surface area contributed by atoms with Crippen molar-refractivity contribution in [3.63, 3.8) is 0 Å². The number of hydrogen-bond donors (Lipinski definition) is 4. The van der Waals surface area contributed by atoms with E-state index in [1.807, 2.05) is 31.2 Å². The van der Waals surface area contributed by atoms with E-state index in [4.69, 9.17) is 16.2 Å². The number of hydrogen-bond acceptors (Lipinski definition) is 4. The van der Waals surface area contributed by atoms with E-state index >= 15 is 0 Å². The Labute approximate surface area is 135 Å². The number of thiol groups is 1. The fourth-order valence-electron chi connectivity index (χ4n) is 1.95. The molecular formula is C17H20N2O2S. The second-order valence-corrected chi connectivity index (χ2v) is 5.23. The molecule has 0 aliphatic carbocycles. The zero-order chi connectivity index (χ0) is 16.7. The van der Waals surface area contributed by atoms with Crippen molar-refractivity contribution in [1.29, 1.82) is 5.41 Å². The molecule has 0 spiro atoms. The molecule has 2 aromatic rings. The predicted molar refractivity (Wildman–Crippen MR) is 95.0 cm³/mol. The first-order valence-corrected chi connectivity index (χ1v) is 7.27. The van der Waals surface area contributed by atoms with Crippen molar-refractivity contribution >= 4 is 35.1 Å². The average molecular weight is 316 g/mol. The Morgan fingerprint density at radius 3 is 2.50 bits per heavy atom. The van der Waals surface area contributed by atoms with E-state index in [0.29, 0.717) is 10.7 Å². The van der Waals surface area contributed by atoms with Crippen LogP contribution in [0.15, 0.2) is 47.5 Å². The molecule has 0 unspecified atom stereocenters. The highest BCUT2D eigenvalue weighted by Gasteiger charge is 2.06. The zero-order valence-electron chi connectivity index (χ0n) is 12.6. The molecule has 0 bridgehead atoms. The standard InChI is InChI=1S/C13H11NO2.C4H9NS/c1-8(14)11-4-2-3-9-7-10(13(15)16)5-6-12(9)11;1-2-3-4(5)6/h2-7,14H,1H3,(H,15,16);3,6H,2,5H2,1H3/b;4-3+. The summed E-state index contributed by atoms with van der Waals surface area (Å²) in [6.07, 6.45) is 2.82. The highest BCUT2D eigenvalue weighted by molar-refractivity contribution is 7.84. The summed E-state index contributed by atoms with van der Waals surface area (Å²) in [6, 6.07) is 10.5. The van der Waals surface area contributed by atoms with Gasteiger partial charge >= 0.3 is 5.97 Å². The second-order valence-electron chi connectivity index (χ2n) is 4.71. The van der Waals surface area contributed by atoms with Crippen molar-refractivity contribution < 1.29 is 9.90 Å². The third-order valence-electron chi connectivity index (χ3n) is 2.94. The lowest BCUT2D eigenvalue weighted by atomic mass is 10.00. The maximum atomic E-state index is 10.8. The van der Waals surface area contributed by atoms with E-state index in [-0.39, 0.29) is 5.56 Å². The number of rotatable bonds is 3. The van der Waals surface area contributed by atoms with E-state index in [1.165, 1.54) is 0 Å². The summed E-state index contributed by atoms with van der Waals surface area (Å²) in [6.45, 7) is 3.74. The fraction of sp³-hybridized carbons (Fsp3) is 0.176. The molecule has 0 amide bonds. The molecule has 0 heterocycles. The van der Waals surface area contributed by atoms with Gasteiger partial charge < -0.3 is 16.2 Å². The lowest BCUT2D eigenvalue weighted by Gasteiger charge is -2.05. The molecule has 0 aliphatic rings. The number of nitrogens with two attached hydrogens (primary N) is 1. The zero-order valence-corrected chi connectivity index (χ0v) is 13.5. The summed E-state index contributed by atoms with van der Waals surface area (Å²) in [5.41, 5.74) is 6.72. The highest BCUT2D eigenvalue weighted by Crippen LogP contribution is 2.20. The Balaban J connectivity index is 0.000000346. The topological polar surface area (TPSA) is 87.2 Å². The van der Waals surface area contributed by atoms with E-state index in [1.54, 1.807) is 25.1 Å². The van der Waals surface area contributed by atoms with Crippen LogP contribution in [0.4, 0.5) is 0 Å². The van der Waals surface area contributed by atoms with Gasteiger partial charge in [0.15, 0.2) is 0 Å². The van der Waals surface area contributed by atoms with Crippen molar-refractivity contribution in [3.8, 4) is 0 Å². The molecule has 5 heteroatoms. The van der Waals surface area contributed by atoms with Crippen LogP contribution in [0.5, 0.6) is 0 Å². The molecule has 0 radical (unpaired) electrons. The van der Waals surface area contributed by atoms with Crippen molar-refractivity contribution in [2.75, 3.05) is 0 Å². The second kappa shape index (κ2) is 8.24. The minimum atomic E-state index is -0.932. The summed E-state index contributed by atoms with van der Waals surface area (Å²) in [4.78, 5) is 10.8. The Hall–Kier alpha value is -2.27. The Bertz CT molecular complexity index is 720. The molecule has 0 fully saturated rings. The monoisotopic (exact) mass is 316 g/mol. The Morgan fingerprint density at radius 1 is 1.36 bits per heavy atom. The Kier molecular flexibility index (Phi) is 6.66. The molecule has 116 valence electrons. The van der Waals surface area contributed by atoms with Gasteiger partial charge in [-0.1, -0.05) is 37.3 Å². The number of aromatic carboxylic acids is 1. The van der Waals surface area contributed by atoms with Crippen LogP contribution in [0.25, 0.3) is 10.8 Å². The number of carboxylic acids is 1. The first-order chi connectivity index (χ1) is 10.4. The van der Waals surface area contributed by atoms with Gasteiger partial charge in [0.25, 0.3) is 0 Å². The summed E-state index contributed by atoms with van der Waals surface area (Å²) < 4.78 is 0. The van der Waals surface area contributed by atoms with Gasteiger partial charge in [0.1, 0.15) is 0 Å². The lowest BCUT2D eigenvalue weighted by Crippen LogP contribution is -1.97. The highest BCUT2D eigenvalue weighted by atomic mass is 32.1.